The van der Waals surface area contributed by atoms with Crippen LogP contribution in [0.15, 0.2) is 42.2 Å². The van der Waals surface area contributed by atoms with Gasteiger partial charge in [0.25, 0.3) is 0 Å². The molecule has 0 radical (unpaired) electrons. The SMILES string of the molecule is CCCNC(C1=CCCO1)c1cc(C)nc2ccccc12. The average Bonchev–Trinajstić information content (AvgIpc) is 3.01. The van der Waals surface area contributed by atoms with E-state index < -0.39 is 0 Å². The van der Waals surface area contributed by atoms with Gasteiger partial charge in [0.05, 0.1) is 18.2 Å². The largest absolute Gasteiger partial charge is 0.496 e. The van der Waals surface area contributed by atoms with E-state index in [1.165, 1.54) is 10.9 Å². The molecule has 2 aromatic rings. The fourth-order valence-corrected chi connectivity index (χ4v) is 2.87. The van der Waals surface area contributed by atoms with Gasteiger partial charge in [-0.15, -0.1) is 0 Å². The highest BCUT2D eigenvalue weighted by Crippen LogP contribution is 2.31. The molecule has 1 unspecified atom stereocenters. The van der Waals surface area contributed by atoms with E-state index in [4.69, 9.17) is 4.74 Å². The normalized spacial score (nSPS) is 15.8. The number of nitrogens with zero attached hydrogens (tertiary/aromatic N) is 1. The van der Waals surface area contributed by atoms with E-state index in [0.717, 1.165) is 43.0 Å². The molecule has 0 saturated heterocycles. The predicted molar refractivity (Wildman–Crippen MR) is 86.2 cm³/mol. The van der Waals surface area contributed by atoms with Gasteiger partial charge in [0.1, 0.15) is 5.76 Å². The van der Waals surface area contributed by atoms with Gasteiger partial charge in [0.2, 0.25) is 0 Å². The molecule has 0 amide bonds. The number of aromatic nitrogens is 1. The molecule has 0 fully saturated rings. The molecule has 3 heteroatoms. The lowest BCUT2D eigenvalue weighted by Gasteiger charge is -2.22. The second kappa shape index (κ2) is 6.27. The zero-order valence-corrected chi connectivity index (χ0v) is 12.7. The molecule has 1 aliphatic rings. The number of para-hydroxylation sites is 1. The van der Waals surface area contributed by atoms with E-state index in [1.807, 2.05) is 6.07 Å². The lowest BCUT2D eigenvalue weighted by molar-refractivity contribution is 0.215. The molecule has 21 heavy (non-hydrogen) atoms. The summed E-state index contributed by atoms with van der Waals surface area (Å²) in [4.78, 5) is 4.64. The topological polar surface area (TPSA) is 34.1 Å². The average molecular weight is 282 g/mol. The van der Waals surface area contributed by atoms with Crippen molar-refractivity contribution in [3.8, 4) is 0 Å². The maximum atomic E-state index is 5.83. The highest BCUT2D eigenvalue weighted by molar-refractivity contribution is 5.83. The molecule has 3 nitrogen and oxygen atoms in total. The van der Waals surface area contributed by atoms with Crippen LogP contribution in [0.25, 0.3) is 10.9 Å². The van der Waals surface area contributed by atoms with Crippen molar-refractivity contribution in [1.29, 1.82) is 0 Å². The van der Waals surface area contributed by atoms with Crippen molar-refractivity contribution >= 4 is 10.9 Å². The number of aryl methyl sites for hydroxylation is 1. The Balaban J connectivity index is 2.09. The summed E-state index contributed by atoms with van der Waals surface area (Å²) in [6, 6.07) is 10.6. The molecule has 1 aromatic heterocycles. The number of benzene rings is 1. The molecule has 1 aliphatic heterocycles. The lowest BCUT2D eigenvalue weighted by Crippen LogP contribution is -2.24. The number of pyridine rings is 1. The van der Waals surface area contributed by atoms with E-state index in [9.17, 15) is 0 Å². The highest BCUT2D eigenvalue weighted by atomic mass is 16.5. The van der Waals surface area contributed by atoms with Crippen LogP contribution in [0.2, 0.25) is 0 Å². The Morgan fingerprint density at radius 3 is 2.95 bits per heavy atom. The fraction of sp³-hybridized carbons (Fsp3) is 0.389. The molecule has 3 rings (SSSR count). The highest BCUT2D eigenvalue weighted by Gasteiger charge is 2.22. The van der Waals surface area contributed by atoms with E-state index in [0.29, 0.717) is 0 Å². The monoisotopic (exact) mass is 282 g/mol. The minimum atomic E-state index is 0.124. The fourth-order valence-electron chi connectivity index (χ4n) is 2.87. The summed E-state index contributed by atoms with van der Waals surface area (Å²) in [5.74, 6) is 1.05. The van der Waals surface area contributed by atoms with Crippen molar-refractivity contribution in [2.45, 2.75) is 32.7 Å². The standard InChI is InChI=1S/C18H22N2O/c1-3-10-19-18(17-9-6-11-21-17)15-12-13(2)20-16-8-5-4-7-14(15)16/h4-5,7-9,12,18-19H,3,6,10-11H2,1-2H3. The smallest absolute Gasteiger partial charge is 0.114 e. The number of fused-ring (bicyclic) bond motifs is 1. The Labute approximate surface area is 126 Å². The maximum absolute atomic E-state index is 5.83. The first kappa shape index (κ1) is 14.1. The maximum Gasteiger partial charge on any atom is 0.114 e. The first-order valence-electron chi connectivity index (χ1n) is 7.72. The zero-order valence-electron chi connectivity index (χ0n) is 12.7. The van der Waals surface area contributed by atoms with Crippen molar-refractivity contribution in [3.63, 3.8) is 0 Å². The van der Waals surface area contributed by atoms with Crippen molar-refractivity contribution in [2.75, 3.05) is 13.2 Å². The zero-order chi connectivity index (χ0) is 14.7. The summed E-state index contributed by atoms with van der Waals surface area (Å²) >= 11 is 0. The first-order chi connectivity index (χ1) is 10.3. The molecule has 1 N–H and O–H groups in total. The molecular formula is C18H22N2O. The Kier molecular flexibility index (Phi) is 4.20. The van der Waals surface area contributed by atoms with Crippen LogP contribution < -0.4 is 5.32 Å². The first-order valence-corrected chi connectivity index (χ1v) is 7.72. The third-order valence-corrected chi connectivity index (χ3v) is 3.80. The molecule has 0 spiro atoms. The van der Waals surface area contributed by atoms with Gasteiger partial charge in [-0.2, -0.15) is 0 Å². The van der Waals surface area contributed by atoms with E-state index >= 15 is 0 Å². The number of rotatable bonds is 5. The van der Waals surface area contributed by atoms with Crippen LogP contribution >= 0.6 is 0 Å². The van der Waals surface area contributed by atoms with Gasteiger partial charge in [-0.05, 0) is 43.7 Å². The van der Waals surface area contributed by atoms with Gasteiger partial charge in [-0.1, -0.05) is 25.1 Å². The number of ether oxygens (including phenoxy) is 1. The second-order valence-electron chi connectivity index (χ2n) is 5.50. The molecule has 0 saturated carbocycles. The molecular weight excluding hydrogens is 260 g/mol. The van der Waals surface area contributed by atoms with Crippen LogP contribution in [0.1, 0.15) is 37.1 Å². The third kappa shape index (κ3) is 2.93. The molecule has 1 aromatic carbocycles. The summed E-state index contributed by atoms with van der Waals surface area (Å²) in [6.07, 6.45) is 4.31. The van der Waals surface area contributed by atoms with Gasteiger partial charge in [0, 0.05) is 17.5 Å². The molecule has 2 heterocycles. The van der Waals surface area contributed by atoms with Gasteiger partial charge >= 0.3 is 0 Å². The van der Waals surface area contributed by atoms with Crippen molar-refractivity contribution in [3.05, 3.63) is 53.4 Å². The predicted octanol–water partition coefficient (Wildman–Crippen LogP) is 3.89. The summed E-state index contributed by atoms with van der Waals surface area (Å²) in [7, 11) is 0. The summed E-state index contributed by atoms with van der Waals surface area (Å²) < 4.78 is 5.83. The minimum Gasteiger partial charge on any atom is -0.496 e. The van der Waals surface area contributed by atoms with E-state index in [1.54, 1.807) is 0 Å². The second-order valence-corrected chi connectivity index (χ2v) is 5.50. The van der Waals surface area contributed by atoms with Crippen LogP contribution in [0.4, 0.5) is 0 Å². The summed E-state index contributed by atoms with van der Waals surface area (Å²) in [6.45, 7) is 6.00. The van der Waals surface area contributed by atoms with Gasteiger partial charge in [-0.3, -0.25) is 4.98 Å². The Hall–Kier alpha value is -1.87. The quantitative estimate of drug-likeness (QED) is 0.903. The molecule has 0 aliphatic carbocycles. The Bertz CT molecular complexity index is 663. The van der Waals surface area contributed by atoms with E-state index in [2.05, 4.69) is 54.5 Å². The van der Waals surface area contributed by atoms with Crippen LogP contribution in [-0.2, 0) is 4.74 Å². The van der Waals surface area contributed by atoms with Crippen molar-refractivity contribution in [2.24, 2.45) is 0 Å². The minimum absolute atomic E-state index is 0.124. The van der Waals surface area contributed by atoms with E-state index in [-0.39, 0.29) is 6.04 Å². The van der Waals surface area contributed by atoms with Gasteiger partial charge in [-0.25, -0.2) is 0 Å². The number of hydrogen-bond donors (Lipinski definition) is 1. The van der Waals surface area contributed by atoms with Crippen LogP contribution in [0.5, 0.6) is 0 Å². The van der Waals surface area contributed by atoms with Crippen LogP contribution in [-0.4, -0.2) is 18.1 Å². The van der Waals surface area contributed by atoms with Crippen molar-refractivity contribution in [1.82, 2.24) is 10.3 Å². The van der Waals surface area contributed by atoms with Crippen molar-refractivity contribution < 1.29 is 4.74 Å². The lowest BCUT2D eigenvalue weighted by atomic mass is 9.99. The van der Waals surface area contributed by atoms with Gasteiger partial charge < -0.3 is 10.1 Å². The Morgan fingerprint density at radius 2 is 2.19 bits per heavy atom. The Morgan fingerprint density at radius 1 is 1.33 bits per heavy atom. The van der Waals surface area contributed by atoms with Crippen LogP contribution in [0.3, 0.4) is 0 Å². The summed E-state index contributed by atoms with van der Waals surface area (Å²) in [5, 5.41) is 4.83. The van der Waals surface area contributed by atoms with Gasteiger partial charge in [0.15, 0.2) is 0 Å². The molecule has 1 atom stereocenters. The molecule has 0 bridgehead atoms. The number of hydrogen-bond acceptors (Lipinski definition) is 3. The van der Waals surface area contributed by atoms with Crippen LogP contribution in [0, 0.1) is 6.92 Å². The summed E-state index contributed by atoms with van der Waals surface area (Å²) in [5.41, 5.74) is 3.36. The number of nitrogens with one attached hydrogen (secondary N) is 1. The molecule has 110 valence electrons. The third-order valence-electron chi connectivity index (χ3n) is 3.80.